The molecule has 90 valence electrons. The average molecular weight is 243 g/mol. The summed E-state index contributed by atoms with van der Waals surface area (Å²) in [6.07, 6.45) is 3.78. The van der Waals surface area contributed by atoms with Crippen LogP contribution in [0.25, 0.3) is 0 Å². The molecular formula is C10H17N3O2S. The molecule has 0 unspecified atom stereocenters. The molecule has 6 heteroatoms. The predicted octanol–water partition coefficient (Wildman–Crippen LogP) is 0.782. The molecule has 0 aliphatic carbocycles. The Morgan fingerprint density at radius 1 is 1.44 bits per heavy atom. The summed E-state index contributed by atoms with van der Waals surface area (Å²) in [4.78, 5) is 4.34. The van der Waals surface area contributed by atoms with Gasteiger partial charge in [-0.3, -0.25) is 0 Å². The fraction of sp³-hybridized carbons (Fsp3) is 0.700. The number of fused-ring (bicyclic) bond motifs is 1. The summed E-state index contributed by atoms with van der Waals surface area (Å²) in [5.41, 5.74) is 2.07. The minimum Gasteiger partial charge on any atom is -0.331 e. The van der Waals surface area contributed by atoms with Gasteiger partial charge in [-0.25, -0.2) is 13.4 Å². The first-order valence-electron chi connectivity index (χ1n) is 5.39. The van der Waals surface area contributed by atoms with Crippen LogP contribution in [0.1, 0.15) is 31.3 Å². The van der Waals surface area contributed by atoms with Crippen molar-refractivity contribution in [1.29, 1.82) is 0 Å². The van der Waals surface area contributed by atoms with E-state index < -0.39 is 10.0 Å². The topological polar surface area (TPSA) is 55.2 Å². The lowest BCUT2D eigenvalue weighted by atomic mass is 10.2. The minimum atomic E-state index is -3.10. The largest absolute Gasteiger partial charge is 0.331 e. The van der Waals surface area contributed by atoms with E-state index in [1.807, 2.05) is 4.57 Å². The summed E-state index contributed by atoms with van der Waals surface area (Å²) in [6, 6.07) is 0.316. The maximum atomic E-state index is 11.5. The SMILES string of the molecule is CC(C)n1cnc2c1CN(S(C)(=O)=O)CC2. The molecule has 0 aromatic carbocycles. The summed E-state index contributed by atoms with van der Waals surface area (Å²) in [6.45, 7) is 5.13. The number of hydrogen-bond donors (Lipinski definition) is 0. The Labute approximate surface area is 96.1 Å². The smallest absolute Gasteiger partial charge is 0.211 e. The minimum absolute atomic E-state index is 0.316. The summed E-state index contributed by atoms with van der Waals surface area (Å²) < 4.78 is 26.5. The number of sulfonamides is 1. The van der Waals surface area contributed by atoms with E-state index in [4.69, 9.17) is 0 Å². The van der Waals surface area contributed by atoms with Gasteiger partial charge in [-0.1, -0.05) is 0 Å². The zero-order valence-electron chi connectivity index (χ0n) is 9.84. The quantitative estimate of drug-likeness (QED) is 0.771. The Hall–Kier alpha value is -0.880. The van der Waals surface area contributed by atoms with Crippen molar-refractivity contribution in [2.24, 2.45) is 0 Å². The van der Waals surface area contributed by atoms with Gasteiger partial charge in [-0.15, -0.1) is 0 Å². The Morgan fingerprint density at radius 3 is 2.69 bits per heavy atom. The highest BCUT2D eigenvalue weighted by atomic mass is 32.2. The first-order valence-corrected chi connectivity index (χ1v) is 7.24. The van der Waals surface area contributed by atoms with Gasteiger partial charge in [0.2, 0.25) is 10.0 Å². The third kappa shape index (κ3) is 1.99. The van der Waals surface area contributed by atoms with Crippen LogP contribution in [0.15, 0.2) is 6.33 Å². The number of rotatable bonds is 2. The van der Waals surface area contributed by atoms with Crippen molar-refractivity contribution >= 4 is 10.0 Å². The molecule has 0 spiro atoms. The molecule has 1 aromatic rings. The number of aromatic nitrogens is 2. The zero-order valence-corrected chi connectivity index (χ0v) is 10.7. The summed E-state index contributed by atoms with van der Waals surface area (Å²) >= 11 is 0. The molecule has 2 rings (SSSR count). The van der Waals surface area contributed by atoms with Crippen molar-refractivity contribution in [3.63, 3.8) is 0 Å². The fourth-order valence-electron chi connectivity index (χ4n) is 2.01. The van der Waals surface area contributed by atoms with Crippen LogP contribution >= 0.6 is 0 Å². The molecule has 16 heavy (non-hydrogen) atoms. The number of hydrogen-bond acceptors (Lipinski definition) is 3. The van der Waals surface area contributed by atoms with E-state index in [2.05, 4.69) is 18.8 Å². The standard InChI is InChI=1S/C10H17N3O2S/c1-8(2)13-7-11-9-4-5-12(6-10(9)13)16(3,14)15/h7-8H,4-6H2,1-3H3. The van der Waals surface area contributed by atoms with Crippen molar-refractivity contribution in [1.82, 2.24) is 13.9 Å². The highest BCUT2D eigenvalue weighted by Gasteiger charge is 2.26. The molecule has 0 atom stereocenters. The van der Waals surface area contributed by atoms with E-state index >= 15 is 0 Å². The first kappa shape index (κ1) is 11.6. The average Bonchev–Trinajstić information content (AvgIpc) is 2.58. The Bertz CT molecular complexity index is 490. The van der Waals surface area contributed by atoms with Gasteiger partial charge in [0.05, 0.1) is 30.5 Å². The van der Waals surface area contributed by atoms with E-state index in [-0.39, 0.29) is 0 Å². The summed E-state index contributed by atoms with van der Waals surface area (Å²) in [5, 5.41) is 0. The Balaban J connectivity index is 2.35. The lowest BCUT2D eigenvalue weighted by Crippen LogP contribution is -2.36. The highest BCUT2D eigenvalue weighted by molar-refractivity contribution is 7.88. The van der Waals surface area contributed by atoms with Gasteiger partial charge in [-0.05, 0) is 13.8 Å². The highest BCUT2D eigenvalue weighted by Crippen LogP contribution is 2.22. The van der Waals surface area contributed by atoms with Crippen molar-refractivity contribution < 1.29 is 8.42 Å². The molecule has 0 bridgehead atoms. The van der Waals surface area contributed by atoms with Gasteiger partial charge in [0.1, 0.15) is 0 Å². The second-order valence-corrected chi connectivity index (χ2v) is 6.47. The first-order chi connectivity index (χ1) is 7.39. The van der Waals surface area contributed by atoms with E-state index in [1.54, 1.807) is 6.33 Å². The van der Waals surface area contributed by atoms with Crippen molar-refractivity contribution in [3.05, 3.63) is 17.7 Å². The van der Waals surface area contributed by atoms with Crippen LogP contribution in [0.4, 0.5) is 0 Å². The molecule has 0 N–H and O–H groups in total. The summed E-state index contributed by atoms with van der Waals surface area (Å²) in [7, 11) is -3.10. The lowest BCUT2D eigenvalue weighted by molar-refractivity contribution is 0.375. The van der Waals surface area contributed by atoms with E-state index in [9.17, 15) is 8.42 Å². The van der Waals surface area contributed by atoms with Gasteiger partial charge in [-0.2, -0.15) is 4.31 Å². The molecule has 0 amide bonds. The second-order valence-electron chi connectivity index (χ2n) is 4.49. The van der Waals surface area contributed by atoms with Crippen LogP contribution in [0.2, 0.25) is 0 Å². The number of nitrogens with zero attached hydrogens (tertiary/aromatic N) is 3. The van der Waals surface area contributed by atoms with Crippen LogP contribution in [0.3, 0.4) is 0 Å². The third-order valence-corrected chi connectivity index (χ3v) is 4.18. The van der Waals surface area contributed by atoms with Crippen LogP contribution < -0.4 is 0 Å². The van der Waals surface area contributed by atoms with Crippen molar-refractivity contribution in [2.75, 3.05) is 12.8 Å². The maximum Gasteiger partial charge on any atom is 0.211 e. The lowest BCUT2D eigenvalue weighted by Gasteiger charge is -2.26. The summed E-state index contributed by atoms with van der Waals surface area (Å²) in [5.74, 6) is 0. The molecule has 5 nitrogen and oxygen atoms in total. The van der Waals surface area contributed by atoms with Crippen LogP contribution in [0, 0.1) is 0 Å². The molecule has 0 fully saturated rings. The van der Waals surface area contributed by atoms with Crippen molar-refractivity contribution in [2.45, 2.75) is 32.9 Å². The van der Waals surface area contributed by atoms with Gasteiger partial charge in [0.25, 0.3) is 0 Å². The Morgan fingerprint density at radius 2 is 2.12 bits per heavy atom. The van der Waals surface area contributed by atoms with E-state index in [0.717, 1.165) is 11.4 Å². The molecule has 1 aliphatic heterocycles. The monoisotopic (exact) mass is 243 g/mol. The van der Waals surface area contributed by atoms with Crippen LogP contribution in [-0.4, -0.2) is 35.1 Å². The van der Waals surface area contributed by atoms with Crippen molar-refractivity contribution in [3.8, 4) is 0 Å². The molecule has 1 aliphatic rings. The molecule has 0 radical (unpaired) electrons. The third-order valence-electron chi connectivity index (χ3n) is 2.93. The zero-order chi connectivity index (χ0) is 11.9. The van der Waals surface area contributed by atoms with E-state index in [1.165, 1.54) is 10.6 Å². The fourth-order valence-corrected chi connectivity index (χ4v) is 2.79. The van der Waals surface area contributed by atoms with Gasteiger partial charge in [0, 0.05) is 19.0 Å². The second kappa shape index (κ2) is 3.85. The number of imidazole rings is 1. The van der Waals surface area contributed by atoms with E-state index in [0.29, 0.717) is 25.6 Å². The van der Waals surface area contributed by atoms with Crippen LogP contribution in [-0.2, 0) is 23.0 Å². The van der Waals surface area contributed by atoms with Gasteiger partial charge >= 0.3 is 0 Å². The van der Waals surface area contributed by atoms with Gasteiger partial charge < -0.3 is 4.57 Å². The molecule has 0 saturated heterocycles. The molecule has 2 heterocycles. The van der Waals surface area contributed by atoms with Gasteiger partial charge in [0.15, 0.2) is 0 Å². The maximum absolute atomic E-state index is 11.5. The normalized spacial score (nSPS) is 17.8. The molecule has 0 saturated carbocycles. The molecule has 1 aromatic heterocycles. The van der Waals surface area contributed by atoms with Crippen LogP contribution in [0.5, 0.6) is 0 Å². The predicted molar refractivity (Wildman–Crippen MR) is 61.6 cm³/mol. The Kier molecular flexibility index (Phi) is 2.79. The molecular weight excluding hydrogens is 226 g/mol.